The van der Waals surface area contributed by atoms with Crippen molar-refractivity contribution in [1.82, 2.24) is 14.7 Å². The second-order valence-corrected chi connectivity index (χ2v) is 6.55. The number of piperidine rings is 1. The summed E-state index contributed by atoms with van der Waals surface area (Å²) in [6.07, 6.45) is 8.52. The lowest BCUT2D eigenvalue weighted by molar-refractivity contribution is -0.151. The molecule has 3 rings (SSSR count). The van der Waals surface area contributed by atoms with Crippen LogP contribution in [0.3, 0.4) is 0 Å². The van der Waals surface area contributed by atoms with Gasteiger partial charge in [0, 0.05) is 25.8 Å². The first-order valence-corrected chi connectivity index (χ1v) is 8.39. The fourth-order valence-electron chi connectivity index (χ4n) is 3.21. The lowest BCUT2D eigenvalue weighted by Crippen LogP contribution is -2.51. The van der Waals surface area contributed by atoms with Gasteiger partial charge in [0.25, 0.3) is 0 Å². The highest BCUT2D eigenvalue weighted by molar-refractivity contribution is 5.76. The monoisotopic (exact) mass is 343 g/mol. The Labute approximate surface area is 146 Å². The van der Waals surface area contributed by atoms with Crippen LogP contribution >= 0.6 is 0 Å². The molecule has 6 heteroatoms. The van der Waals surface area contributed by atoms with Crippen molar-refractivity contribution in [2.24, 2.45) is 0 Å². The third kappa shape index (κ3) is 3.79. The quantitative estimate of drug-likeness (QED) is 0.907. The number of aromatic nitrogens is 2. The lowest BCUT2D eigenvalue weighted by Gasteiger charge is -2.38. The van der Waals surface area contributed by atoms with Crippen molar-refractivity contribution in [2.45, 2.75) is 25.3 Å². The Bertz CT molecular complexity index is 759. The predicted molar refractivity (Wildman–Crippen MR) is 93.7 cm³/mol. The van der Waals surface area contributed by atoms with Crippen LogP contribution in [0.1, 0.15) is 24.0 Å². The Morgan fingerprint density at radius 2 is 2.00 bits per heavy atom. The van der Waals surface area contributed by atoms with Gasteiger partial charge in [0.1, 0.15) is 5.82 Å². The number of carbonyl (C=O) groups is 1. The highest BCUT2D eigenvalue weighted by atomic mass is 19.1. The van der Waals surface area contributed by atoms with E-state index in [4.69, 9.17) is 0 Å². The second-order valence-electron chi connectivity index (χ2n) is 6.55. The smallest absolute Gasteiger partial charge is 0.331 e. The molecule has 25 heavy (non-hydrogen) atoms. The first kappa shape index (κ1) is 17.4. The zero-order chi connectivity index (χ0) is 17.9. The molecule has 132 valence electrons. The third-order valence-corrected chi connectivity index (χ3v) is 4.78. The van der Waals surface area contributed by atoms with E-state index in [1.165, 1.54) is 12.1 Å². The zero-order valence-electron chi connectivity index (χ0n) is 14.2. The molecule has 0 amide bonds. The van der Waals surface area contributed by atoms with Gasteiger partial charge in [-0.2, -0.15) is 5.10 Å². The molecule has 0 aliphatic carbocycles. The molecule has 1 fully saturated rings. The number of likely N-dealkylation sites (tertiary alicyclic amines) is 1. The fourth-order valence-corrected chi connectivity index (χ4v) is 3.21. The van der Waals surface area contributed by atoms with E-state index in [1.807, 2.05) is 19.1 Å². The summed E-state index contributed by atoms with van der Waals surface area (Å²) in [5, 5.41) is 14.0. The molecule has 0 atom stereocenters. The van der Waals surface area contributed by atoms with Crippen molar-refractivity contribution in [2.75, 3.05) is 19.6 Å². The van der Waals surface area contributed by atoms with Gasteiger partial charge in [-0.05, 0) is 43.0 Å². The van der Waals surface area contributed by atoms with Crippen LogP contribution in [0.25, 0.3) is 6.08 Å². The highest BCUT2D eigenvalue weighted by Gasteiger charge is 2.43. The Hall–Kier alpha value is -2.47. The molecule has 0 spiro atoms. The molecule has 1 aromatic carbocycles. The first-order valence-electron chi connectivity index (χ1n) is 8.39. The number of benzene rings is 1. The molecular formula is C19H22FN3O2. The second kappa shape index (κ2) is 7.19. The summed E-state index contributed by atoms with van der Waals surface area (Å²) in [4.78, 5) is 14.1. The number of nitrogens with zero attached hydrogens (tertiary/aromatic N) is 3. The number of aryl methyl sites for hydroxylation is 1. The van der Waals surface area contributed by atoms with Crippen molar-refractivity contribution in [3.8, 4) is 0 Å². The van der Waals surface area contributed by atoms with Gasteiger partial charge in [-0.1, -0.05) is 24.3 Å². The maximum Gasteiger partial charge on any atom is 0.331 e. The van der Waals surface area contributed by atoms with E-state index in [0.717, 1.165) is 17.7 Å². The van der Waals surface area contributed by atoms with Crippen molar-refractivity contribution >= 4 is 12.0 Å². The van der Waals surface area contributed by atoms with E-state index in [0.29, 0.717) is 25.9 Å². The van der Waals surface area contributed by atoms with E-state index in [1.54, 1.807) is 29.2 Å². The van der Waals surface area contributed by atoms with Gasteiger partial charge < -0.3 is 5.11 Å². The maximum atomic E-state index is 12.9. The molecule has 1 aliphatic rings. The molecule has 2 heterocycles. The molecular weight excluding hydrogens is 321 g/mol. The summed E-state index contributed by atoms with van der Waals surface area (Å²) in [5.41, 5.74) is 0.960. The number of aliphatic carboxylic acids is 1. The predicted octanol–water partition coefficient (Wildman–Crippen LogP) is 2.92. The molecule has 0 bridgehead atoms. The van der Waals surface area contributed by atoms with Crippen LogP contribution in [0.5, 0.6) is 0 Å². The first-order chi connectivity index (χ1) is 12.0. The standard InChI is InChI=1S/C19H22FN3O2/c1-15-13-21-23(14-15)19(18(24)25)8-11-22(12-9-19)10-2-3-16-4-6-17(20)7-5-16/h2-7,13-14H,8-12H2,1H3,(H,24,25)/b3-2+. The number of carboxylic acids is 1. The van der Waals surface area contributed by atoms with Crippen LogP contribution in [0, 0.1) is 12.7 Å². The summed E-state index contributed by atoms with van der Waals surface area (Å²) in [7, 11) is 0. The van der Waals surface area contributed by atoms with Gasteiger partial charge in [0.2, 0.25) is 0 Å². The summed E-state index contributed by atoms with van der Waals surface area (Å²) < 4.78 is 14.5. The van der Waals surface area contributed by atoms with E-state index in [9.17, 15) is 14.3 Å². The summed E-state index contributed by atoms with van der Waals surface area (Å²) in [5.74, 6) is -1.07. The molecule has 1 saturated heterocycles. The Morgan fingerprint density at radius 1 is 1.32 bits per heavy atom. The van der Waals surface area contributed by atoms with Crippen LogP contribution in [0.2, 0.25) is 0 Å². The van der Waals surface area contributed by atoms with Gasteiger partial charge in [0.15, 0.2) is 5.54 Å². The number of rotatable bonds is 5. The van der Waals surface area contributed by atoms with Crippen LogP contribution in [-0.2, 0) is 10.3 Å². The molecule has 2 aromatic rings. The molecule has 0 radical (unpaired) electrons. The Morgan fingerprint density at radius 3 is 2.56 bits per heavy atom. The van der Waals surface area contributed by atoms with Crippen LogP contribution < -0.4 is 0 Å². The topological polar surface area (TPSA) is 58.4 Å². The van der Waals surface area contributed by atoms with Crippen molar-refractivity contribution < 1.29 is 14.3 Å². The summed E-state index contributed by atoms with van der Waals surface area (Å²) >= 11 is 0. The fraction of sp³-hybridized carbons (Fsp3) is 0.368. The highest BCUT2D eigenvalue weighted by Crippen LogP contribution is 2.30. The third-order valence-electron chi connectivity index (χ3n) is 4.78. The average molecular weight is 343 g/mol. The summed E-state index contributed by atoms with van der Waals surface area (Å²) in [6, 6.07) is 6.34. The maximum absolute atomic E-state index is 12.9. The van der Waals surface area contributed by atoms with E-state index >= 15 is 0 Å². The average Bonchev–Trinajstić information content (AvgIpc) is 3.04. The van der Waals surface area contributed by atoms with Crippen molar-refractivity contribution in [1.29, 1.82) is 0 Å². The van der Waals surface area contributed by atoms with Crippen LogP contribution in [0.4, 0.5) is 4.39 Å². The number of carboxylic acid groups (broad SMARTS) is 1. The molecule has 0 unspecified atom stereocenters. The van der Waals surface area contributed by atoms with Crippen molar-refractivity contribution in [3.05, 3.63) is 59.7 Å². The number of hydrogen-bond donors (Lipinski definition) is 1. The molecule has 1 N–H and O–H groups in total. The van der Waals surface area contributed by atoms with Gasteiger partial charge >= 0.3 is 5.97 Å². The zero-order valence-corrected chi connectivity index (χ0v) is 14.2. The number of hydrogen-bond acceptors (Lipinski definition) is 3. The van der Waals surface area contributed by atoms with Crippen LogP contribution in [-0.4, -0.2) is 45.4 Å². The van der Waals surface area contributed by atoms with Gasteiger partial charge in [-0.15, -0.1) is 0 Å². The summed E-state index contributed by atoms with van der Waals surface area (Å²) in [6.45, 7) is 4.04. The molecule has 0 saturated carbocycles. The van der Waals surface area contributed by atoms with Gasteiger partial charge in [-0.3, -0.25) is 9.58 Å². The minimum atomic E-state index is -0.953. The largest absolute Gasteiger partial charge is 0.479 e. The molecule has 1 aliphatic heterocycles. The normalized spacial score (nSPS) is 17.8. The van der Waals surface area contributed by atoms with Gasteiger partial charge in [0.05, 0.1) is 6.20 Å². The van der Waals surface area contributed by atoms with E-state index < -0.39 is 11.5 Å². The Balaban J connectivity index is 1.60. The minimum absolute atomic E-state index is 0.243. The van der Waals surface area contributed by atoms with E-state index in [2.05, 4.69) is 10.00 Å². The minimum Gasteiger partial charge on any atom is -0.479 e. The SMILES string of the molecule is Cc1cnn(C2(C(=O)O)CCN(C/C=C/c3ccc(F)cc3)CC2)c1. The Kier molecular flexibility index (Phi) is 4.99. The molecule has 5 nitrogen and oxygen atoms in total. The molecule has 1 aromatic heterocycles. The lowest BCUT2D eigenvalue weighted by atomic mass is 9.87. The van der Waals surface area contributed by atoms with Crippen LogP contribution in [0.15, 0.2) is 42.7 Å². The van der Waals surface area contributed by atoms with Gasteiger partial charge in [-0.25, -0.2) is 9.18 Å². The van der Waals surface area contributed by atoms with E-state index in [-0.39, 0.29) is 5.82 Å². The van der Waals surface area contributed by atoms with Crippen molar-refractivity contribution in [3.63, 3.8) is 0 Å². The number of halogens is 1.